The van der Waals surface area contributed by atoms with Crippen LogP contribution in [0.15, 0.2) is 64.4 Å². The molecule has 0 spiro atoms. The predicted molar refractivity (Wildman–Crippen MR) is 132 cm³/mol. The van der Waals surface area contributed by atoms with E-state index in [1.54, 1.807) is 35.4 Å². The van der Waals surface area contributed by atoms with E-state index in [0.29, 0.717) is 46.6 Å². The summed E-state index contributed by atoms with van der Waals surface area (Å²) < 4.78 is 1.92. The summed E-state index contributed by atoms with van der Waals surface area (Å²) in [6.45, 7) is 0.947. The first-order valence-corrected chi connectivity index (χ1v) is 11.5. The van der Waals surface area contributed by atoms with Crippen LogP contribution >= 0.6 is 24.0 Å². The molecular weight excluding hydrogens is 444 g/mol. The number of thioether (sulfide) groups is 1. The third-order valence-electron chi connectivity index (χ3n) is 5.01. The van der Waals surface area contributed by atoms with Crippen molar-refractivity contribution in [3.05, 3.63) is 81.1 Å². The summed E-state index contributed by atoms with van der Waals surface area (Å²) >= 11 is 6.63. The van der Waals surface area contributed by atoms with Crippen LogP contribution in [-0.2, 0) is 11.2 Å². The van der Waals surface area contributed by atoms with Gasteiger partial charge in [-0.25, -0.2) is 4.98 Å². The minimum atomic E-state index is -0.281. The van der Waals surface area contributed by atoms with E-state index in [1.807, 2.05) is 30.3 Å². The Morgan fingerprint density at radius 2 is 1.91 bits per heavy atom. The molecule has 1 aliphatic rings. The predicted octanol–water partition coefficient (Wildman–Crippen LogP) is 2.93. The molecule has 1 saturated heterocycles. The second kappa shape index (κ2) is 10.1. The SMILES string of the molecule is O=C1/C(=C/c2c(NCCCO)nc3ccccn3c2=O)SC(=S)N1CCc1ccccc1. The van der Waals surface area contributed by atoms with E-state index >= 15 is 0 Å². The topological polar surface area (TPSA) is 86.9 Å². The van der Waals surface area contributed by atoms with Crippen LogP contribution in [0.1, 0.15) is 17.5 Å². The monoisotopic (exact) mass is 466 g/mol. The number of fused-ring (bicyclic) bond motifs is 1. The number of nitrogens with zero attached hydrogens (tertiary/aromatic N) is 3. The van der Waals surface area contributed by atoms with Crippen LogP contribution in [0.3, 0.4) is 0 Å². The quantitative estimate of drug-likeness (QED) is 0.300. The van der Waals surface area contributed by atoms with E-state index in [2.05, 4.69) is 10.3 Å². The van der Waals surface area contributed by atoms with Crippen molar-refractivity contribution in [2.75, 3.05) is 25.0 Å². The van der Waals surface area contributed by atoms with E-state index in [4.69, 9.17) is 17.3 Å². The van der Waals surface area contributed by atoms with Gasteiger partial charge in [-0.3, -0.25) is 18.9 Å². The summed E-state index contributed by atoms with van der Waals surface area (Å²) in [6.07, 6.45) is 4.41. The minimum Gasteiger partial charge on any atom is -0.396 e. The second-order valence-electron chi connectivity index (χ2n) is 7.18. The molecule has 1 amide bonds. The summed E-state index contributed by atoms with van der Waals surface area (Å²) in [6, 6.07) is 15.2. The van der Waals surface area contributed by atoms with Gasteiger partial charge in [0.15, 0.2) is 0 Å². The van der Waals surface area contributed by atoms with Gasteiger partial charge < -0.3 is 10.4 Å². The molecule has 1 aliphatic heterocycles. The van der Waals surface area contributed by atoms with Crippen LogP contribution in [0.25, 0.3) is 11.7 Å². The molecule has 0 unspecified atom stereocenters. The van der Waals surface area contributed by atoms with Crippen molar-refractivity contribution in [1.29, 1.82) is 0 Å². The van der Waals surface area contributed by atoms with Crippen LogP contribution < -0.4 is 10.9 Å². The first-order chi connectivity index (χ1) is 15.6. The van der Waals surface area contributed by atoms with Crippen LogP contribution in [0.4, 0.5) is 5.82 Å². The Balaban J connectivity index is 1.64. The lowest BCUT2D eigenvalue weighted by Crippen LogP contribution is -2.30. The van der Waals surface area contributed by atoms with Gasteiger partial charge in [-0.1, -0.05) is 60.4 Å². The van der Waals surface area contributed by atoms with Crippen LogP contribution in [0.5, 0.6) is 0 Å². The fourth-order valence-electron chi connectivity index (χ4n) is 3.36. The Bertz CT molecular complexity index is 1240. The van der Waals surface area contributed by atoms with Crippen molar-refractivity contribution in [3.8, 4) is 0 Å². The molecule has 164 valence electrons. The van der Waals surface area contributed by atoms with Crippen LogP contribution in [0, 0.1) is 0 Å². The number of amides is 1. The molecule has 7 nitrogen and oxygen atoms in total. The number of hydrogen-bond donors (Lipinski definition) is 2. The molecule has 32 heavy (non-hydrogen) atoms. The number of benzene rings is 1. The summed E-state index contributed by atoms with van der Waals surface area (Å²) in [4.78, 5) is 32.7. The zero-order valence-electron chi connectivity index (χ0n) is 17.2. The van der Waals surface area contributed by atoms with E-state index in [0.717, 1.165) is 5.56 Å². The highest BCUT2D eigenvalue weighted by molar-refractivity contribution is 8.26. The third kappa shape index (κ3) is 4.74. The number of thiocarbonyl (C=S) groups is 1. The average molecular weight is 467 g/mol. The second-order valence-corrected chi connectivity index (χ2v) is 8.86. The van der Waals surface area contributed by atoms with Crippen molar-refractivity contribution in [1.82, 2.24) is 14.3 Å². The molecule has 9 heteroatoms. The molecular formula is C23H22N4O3S2. The Morgan fingerprint density at radius 3 is 2.69 bits per heavy atom. The maximum Gasteiger partial charge on any atom is 0.267 e. The van der Waals surface area contributed by atoms with E-state index in [1.165, 1.54) is 16.2 Å². The van der Waals surface area contributed by atoms with Gasteiger partial charge in [0, 0.05) is 25.9 Å². The highest BCUT2D eigenvalue weighted by Gasteiger charge is 2.32. The number of carbonyl (C=O) groups is 1. The number of anilines is 1. The van der Waals surface area contributed by atoms with Crippen molar-refractivity contribution in [3.63, 3.8) is 0 Å². The maximum absolute atomic E-state index is 13.2. The average Bonchev–Trinajstić information content (AvgIpc) is 3.08. The number of hydrogen-bond acceptors (Lipinski definition) is 7. The smallest absolute Gasteiger partial charge is 0.267 e. The lowest BCUT2D eigenvalue weighted by Gasteiger charge is -2.14. The Morgan fingerprint density at radius 1 is 1.12 bits per heavy atom. The number of rotatable bonds is 8. The molecule has 0 bridgehead atoms. The van der Waals surface area contributed by atoms with Gasteiger partial charge in [0.05, 0.1) is 10.5 Å². The van der Waals surface area contributed by atoms with Gasteiger partial charge in [0.25, 0.3) is 11.5 Å². The first kappa shape index (κ1) is 22.2. The lowest BCUT2D eigenvalue weighted by molar-refractivity contribution is -0.122. The minimum absolute atomic E-state index is 0.0228. The zero-order valence-corrected chi connectivity index (χ0v) is 18.9. The number of nitrogens with one attached hydrogen (secondary N) is 1. The zero-order chi connectivity index (χ0) is 22.5. The van der Waals surface area contributed by atoms with Gasteiger partial charge in [-0.05, 0) is 36.6 Å². The lowest BCUT2D eigenvalue weighted by atomic mass is 10.1. The van der Waals surface area contributed by atoms with Crippen molar-refractivity contribution in [2.45, 2.75) is 12.8 Å². The van der Waals surface area contributed by atoms with Gasteiger partial charge in [0.2, 0.25) is 0 Å². The first-order valence-electron chi connectivity index (χ1n) is 10.2. The molecule has 4 rings (SSSR count). The summed E-state index contributed by atoms with van der Waals surface area (Å²) in [5.74, 6) is 0.166. The van der Waals surface area contributed by atoms with Gasteiger partial charge in [0.1, 0.15) is 15.8 Å². The van der Waals surface area contributed by atoms with Crippen LogP contribution in [0.2, 0.25) is 0 Å². The molecule has 0 saturated carbocycles. The van der Waals surface area contributed by atoms with Crippen molar-refractivity contribution < 1.29 is 9.90 Å². The summed E-state index contributed by atoms with van der Waals surface area (Å²) in [5.41, 5.74) is 1.63. The van der Waals surface area contributed by atoms with Crippen LogP contribution in [-0.4, -0.2) is 49.3 Å². The number of carbonyl (C=O) groups excluding carboxylic acids is 1. The summed E-state index contributed by atoms with van der Waals surface area (Å²) in [5, 5.41) is 12.2. The maximum atomic E-state index is 13.2. The molecule has 0 atom stereocenters. The Kier molecular flexibility index (Phi) is 6.99. The van der Waals surface area contributed by atoms with E-state index in [9.17, 15) is 9.59 Å². The van der Waals surface area contributed by atoms with E-state index in [-0.39, 0.29) is 23.6 Å². The number of aliphatic hydroxyl groups is 1. The standard InChI is InChI=1S/C23H22N4O3S2/c28-14-6-11-24-20-17(21(29)26-12-5-4-9-19(26)25-20)15-18-22(30)27(23(31)32-18)13-10-16-7-2-1-3-8-16/h1-5,7-9,12,15,24,28H,6,10-11,13-14H2/b18-15-. The molecule has 1 aromatic carbocycles. The molecule has 3 aromatic rings. The van der Waals surface area contributed by atoms with Crippen molar-refractivity contribution >= 4 is 51.7 Å². The van der Waals surface area contributed by atoms with Gasteiger partial charge in [-0.15, -0.1) is 0 Å². The number of aromatic nitrogens is 2. The highest BCUT2D eigenvalue weighted by Crippen LogP contribution is 2.33. The molecule has 0 aliphatic carbocycles. The fraction of sp³-hybridized carbons (Fsp3) is 0.217. The van der Waals surface area contributed by atoms with Gasteiger partial charge in [-0.2, -0.15) is 0 Å². The number of pyridine rings is 1. The number of aliphatic hydroxyl groups excluding tert-OH is 1. The fourth-order valence-corrected chi connectivity index (χ4v) is 4.65. The highest BCUT2D eigenvalue weighted by atomic mass is 32.2. The molecule has 1 fully saturated rings. The Labute approximate surface area is 194 Å². The molecule has 0 radical (unpaired) electrons. The third-order valence-corrected chi connectivity index (χ3v) is 6.39. The molecule has 2 N–H and O–H groups in total. The molecule has 2 aromatic heterocycles. The molecule has 3 heterocycles. The van der Waals surface area contributed by atoms with E-state index < -0.39 is 0 Å². The normalized spacial score (nSPS) is 15.2. The van der Waals surface area contributed by atoms with Crippen molar-refractivity contribution in [2.24, 2.45) is 0 Å². The van der Waals surface area contributed by atoms with Gasteiger partial charge >= 0.3 is 0 Å². The largest absolute Gasteiger partial charge is 0.396 e. The summed E-state index contributed by atoms with van der Waals surface area (Å²) in [7, 11) is 0. The Hall–Kier alpha value is -3.01.